The van der Waals surface area contributed by atoms with E-state index in [1.807, 2.05) is 25.2 Å². The summed E-state index contributed by atoms with van der Waals surface area (Å²) in [6.45, 7) is 10.1. The average Bonchev–Trinajstić information content (AvgIpc) is 2.63. The number of hydrogen-bond acceptors (Lipinski definition) is 3. The van der Waals surface area contributed by atoms with Crippen molar-refractivity contribution in [3.63, 3.8) is 0 Å². The fraction of sp³-hybridized carbons (Fsp3) is 0.478. The SMILES string of the molecule is CC(C)(CC[C@H](CO)N(Cc1ccccc1)Cc1ccccc1)[Si](C)(C)O. The molecule has 0 saturated carbocycles. The zero-order valence-corrected chi connectivity index (χ0v) is 18.2. The standard InChI is InChI=1S/C23H35NO2Si/c1-23(2,27(3,4)26)16-15-22(19-25)24(17-20-11-7-5-8-12-20)18-21-13-9-6-10-14-21/h5-14,22,25-26H,15-19H2,1-4H3/t22-/m1/s1. The molecular formula is C23H35NO2Si. The molecule has 0 aliphatic carbocycles. The van der Waals surface area contributed by atoms with Gasteiger partial charge in [0.25, 0.3) is 0 Å². The monoisotopic (exact) mass is 385 g/mol. The molecule has 0 saturated heterocycles. The van der Waals surface area contributed by atoms with Crippen molar-refractivity contribution in [2.45, 2.75) is 64.0 Å². The van der Waals surface area contributed by atoms with Crippen LogP contribution in [0.15, 0.2) is 60.7 Å². The van der Waals surface area contributed by atoms with Crippen LogP contribution in [-0.2, 0) is 13.1 Å². The van der Waals surface area contributed by atoms with Crippen molar-refractivity contribution in [1.29, 1.82) is 0 Å². The Balaban J connectivity index is 2.16. The molecule has 0 radical (unpaired) electrons. The maximum atomic E-state index is 10.6. The van der Waals surface area contributed by atoms with Crippen LogP contribution < -0.4 is 0 Å². The van der Waals surface area contributed by atoms with Crippen LogP contribution in [0, 0.1) is 0 Å². The molecule has 0 amide bonds. The molecule has 0 heterocycles. The van der Waals surface area contributed by atoms with Crippen molar-refractivity contribution >= 4 is 8.32 Å². The molecule has 148 valence electrons. The van der Waals surface area contributed by atoms with Crippen molar-refractivity contribution < 1.29 is 9.90 Å². The van der Waals surface area contributed by atoms with E-state index in [0.29, 0.717) is 0 Å². The fourth-order valence-electron chi connectivity index (χ4n) is 3.17. The quantitative estimate of drug-likeness (QED) is 0.577. The topological polar surface area (TPSA) is 43.7 Å². The summed E-state index contributed by atoms with van der Waals surface area (Å²) in [6, 6.07) is 20.9. The number of nitrogens with zero attached hydrogens (tertiary/aromatic N) is 1. The molecule has 2 aromatic rings. The number of rotatable bonds is 10. The lowest BCUT2D eigenvalue weighted by molar-refractivity contribution is 0.0988. The van der Waals surface area contributed by atoms with E-state index in [9.17, 15) is 9.90 Å². The Morgan fingerprint density at radius 1 is 0.889 bits per heavy atom. The van der Waals surface area contributed by atoms with Crippen LogP contribution >= 0.6 is 0 Å². The molecule has 0 unspecified atom stereocenters. The van der Waals surface area contributed by atoms with E-state index in [2.05, 4.69) is 67.3 Å². The first-order valence-electron chi connectivity index (χ1n) is 9.88. The maximum Gasteiger partial charge on any atom is 0.188 e. The first kappa shape index (κ1) is 21.8. The number of benzene rings is 2. The maximum absolute atomic E-state index is 10.6. The minimum absolute atomic E-state index is 0.0704. The summed E-state index contributed by atoms with van der Waals surface area (Å²) < 4.78 is 0. The second-order valence-electron chi connectivity index (χ2n) is 8.69. The van der Waals surface area contributed by atoms with Crippen molar-refractivity contribution in [3.05, 3.63) is 71.8 Å². The Morgan fingerprint density at radius 3 is 1.70 bits per heavy atom. The summed E-state index contributed by atoms with van der Waals surface area (Å²) in [4.78, 5) is 13.0. The summed E-state index contributed by atoms with van der Waals surface area (Å²) in [5, 5.41) is 10.1. The van der Waals surface area contributed by atoms with E-state index < -0.39 is 8.32 Å². The van der Waals surface area contributed by atoms with Gasteiger partial charge in [0.1, 0.15) is 0 Å². The van der Waals surface area contributed by atoms with Gasteiger partial charge in [0.2, 0.25) is 0 Å². The second kappa shape index (κ2) is 9.65. The van der Waals surface area contributed by atoms with E-state index in [1.54, 1.807) is 0 Å². The molecular weight excluding hydrogens is 350 g/mol. The molecule has 0 spiro atoms. The molecule has 2 rings (SSSR count). The Bertz CT molecular complexity index is 626. The molecule has 0 aliphatic rings. The summed E-state index contributed by atoms with van der Waals surface area (Å²) in [5.41, 5.74) is 2.51. The Hall–Kier alpha value is -1.46. The van der Waals surface area contributed by atoms with E-state index in [0.717, 1.165) is 25.9 Å². The minimum atomic E-state index is -2.25. The molecule has 0 bridgehead atoms. The van der Waals surface area contributed by atoms with E-state index >= 15 is 0 Å². The van der Waals surface area contributed by atoms with Gasteiger partial charge in [-0.1, -0.05) is 74.5 Å². The van der Waals surface area contributed by atoms with Gasteiger partial charge in [-0.3, -0.25) is 4.90 Å². The third-order valence-electron chi connectivity index (χ3n) is 5.94. The van der Waals surface area contributed by atoms with Gasteiger partial charge < -0.3 is 9.90 Å². The Labute approximate surface area is 165 Å². The van der Waals surface area contributed by atoms with Gasteiger partial charge in [-0.05, 0) is 42.1 Å². The summed E-state index contributed by atoms with van der Waals surface area (Å²) in [6.07, 6.45) is 1.79. The van der Waals surface area contributed by atoms with Gasteiger partial charge in [-0.25, -0.2) is 0 Å². The van der Waals surface area contributed by atoms with Gasteiger partial charge in [0.15, 0.2) is 8.32 Å². The van der Waals surface area contributed by atoms with Crippen LogP contribution in [0.1, 0.15) is 37.8 Å². The fourth-order valence-corrected chi connectivity index (χ4v) is 3.93. The van der Waals surface area contributed by atoms with Crippen molar-refractivity contribution in [3.8, 4) is 0 Å². The summed E-state index contributed by atoms with van der Waals surface area (Å²) >= 11 is 0. The predicted molar refractivity (Wildman–Crippen MR) is 116 cm³/mol. The average molecular weight is 386 g/mol. The third-order valence-corrected chi connectivity index (χ3v) is 9.51. The first-order chi connectivity index (χ1) is 12.7. The number of hydrogen-bond donors (Lipinski definition) is 2. The lowest BCUT2D eigenvalue weighted by atomic mass is 10.0. The molecule has 3 nitrogen and oxygen atoms in total. The zero-order chi connectivity index (χ0) is 19.9. The van der Waals surface area contributed by atoms with Crippen molar-refractivity contribution in [2.24, 2.45) is 0 Å². The number of aliphatic hydroxyl groups is 1. The molecule has 2 N–H and O–H groups in total. The van der Waals surface area contributed by atoms with Gasteiger partial charge in [0.05, 0.1) is 6.61 Å². The van der Waals surface area contributed by atoms with Crippen LogP contribution in [0.25, 0.3) is 0 Å². The van der Waals surface area contributed by atoms with Crippen LogP contribution in [0.4, 0.5) is 0 Å². The summed E-state index contributed by atoms with van der Waals surface area (Å²) in [7, 11) is -2.25. The highest BCUT2D eigenvalue weighted by Crippen LogP contribution is 2.40. The summed E-state index contributed by atoms with van der Waals surface area (Å²) in [5.74, 6) is 0. The minimum Gasteiger partial charge on any atom is -0.432 e. The highest BCUT2D eigenvalue weighted by atomic mass is 28.4. The predicted octanol–water partition coefficient (Wildman–Crippen LogP) is 4.81. The molecule has 0 aliphatic heterocycles. The van der Waals surface area contributed by atoms with Crippen LogP contribution in [-0.4, -0.2) is 35.8 Å². The zero-order valence-electron chi connectivity index (χ0n) is 17.2. The van der Waals surface area contributed by atoms with Crippen LogP contribution in [0.2, 0.25) is 18.1 Å². The molecule has 27 heavy (non-hydrogen) atoms. The Morgan fingerprint density at radius 2 is 1.33 bits per heavy atom. The van der Waals surface area contributed by atoms with Crippen molar-refractivity contribution in [2.75, 3.05) is 6.61 Å². The molecule has 0 aromatic heterocycles. The van der Waals surface area contributed by atoms with Gasteiger partial charge in [-0.2, -0.15) is 0 Å². The Kier molecular flexibility index (Phi) is 7.80. The van der Waals surface area contributed by atoms with Crippen molar-refractivity contribution in [1.82, 2.24) is 4.90 Å². The smallest absolute Gasteiger partial charge is 0.188 e. The molecule has 1 atom stereocenters. The third kappa shape index (κ3) is 6.57. The normalized spacial score (nSPS) is 13.7. The lowest BCUT2D eigenvalue weighted by Gasteiger charge is -2.38. The van der Waals surface area contributed by atoms with E-state index in [4.69, 9.17) is 0 Å². The van der Waals surface area contributed by atoms with Crippen LogP contribution in [0.5, 0.6) is 0 Å². The largest absolute Gasteiger partial charge is 0.432 e. The van der Waals surface area contributed by atoms with E-state index in [-0.39, 0.29) is 17.7 Å². The van der Waals surface area contributed by atoms with Gasteiger partial charge >= 0.3 is 0 Å². The van der Waals surface area contributed by atoms with Crippen LogP contribution in [0.3, 0.4) is 0 Å². The lowest BCUT2D eigenvalue weighted by Crippen LogP contribution is -2.42. The highest BCUT2D eigenvalue weighted by Gasteiger charge is 2.38. The second-order valence-corrected chi connectivity index (χ2v) is 13.2. The van der Waals surface area contributed by atoms with Gasteiger partial charge in [0, 0.05) is 19.1 Å². The molecule has 2 aromatic carbocycles. The molecule has 0 fully saturated rings. The van der Waals surface area contributed by atoms with Gasteiger partial charge in [-0.15, -0.1) is 0 Å². The number of aliphatic hydroxyl groups excluding tert-OH is 1. The van der Waals surface area contributed by atoms with E-state index in [1.165, 1.54) is 11.1 Å². The first-order valence-corrected chi connectivity index (χ1v) is 12.8. The molecule has 4 heteroatoms. The highest BCUT2D eigenvalue weighted by molar-refractivity contribution is 6.72.